The summed E-state index contributed by atoms with van der Waals surface area (Å²) in [6.07, 6.45) is 0. The number of carbonyl (C=O) groups is 1. The number of halogens is 1. The van der Waals surface area contributed by atoms with Gasteiger partial charge in [-0.1, -0.05) is 32.4 Å². The first-order valence-electron chi connectivity index (χ1n) is 5.52. The fraction of sp³-hybridized carbons (Fsp3) is 0.462. The maximum absolute atomic E-state index is 11.9. The Morgan fingerprint density at radius 3 is 2.17 bits per heavy atom. The average molecular weight is 272 g/mol. The second kappa shape index (κ2) is 5.48. The first-order valence-corrected chi connectivity index (χ1v) is 5.90. The summed E-state index contributed by atoms with van der Waals surface area (Å²) in [6.45, 7) is 5.50. The standard InChI is InChI=1S/C13H18ClNO3/c1-13(2,3)12(16)15-9-6-8(14)10(17-4)7-11(9)18-5/h6-7H,1-5H3,(H,15,16). The molecule has 0 aliphatic heterocycles. The summed E-state index contributed by atoms with van der Waals surface area (Å²) in [5, 5.41) is 3.21. The van der Waals surface area contributed by atoms with Crippen LogP contribution in [0.2, 0.25) is 5.02 Å². The van der Waals surface area contributed by atoms with E-state index in [1.165, 1.54) is 14.2 Å². The third kappa shape index (κ3) is 3.29. The van der Waals surface area contributed by atoms with Crippen LogP contribution in [0.4, 0.5) is 5.69 Å². The lowest BCUT2D eigenvalue weighted by Gasteiger charge is -2.19. The summed E-state index contributed by atoms with van der Waals surface area (Å²) in [5.74, 6) is 0.901. The molecular formula is C13H18ClNO3. The maximum atomic E-state index is 11.9. The number of ether oxygens (including phenoxy) is 2. The largest absolute Gasteiger partial charge is 0.495 e. The summed E-state index contributed by atoms with van der Waals surface area (Å²) in [5.41, 5.74) is 0.0421. The minimum Gasteiger partial charge on any atom is -0.495 e. The Morgan fingerprint density at radius 2 is 1.72 bits per heavy atom. The third-order valence-corrected chi connectivity index (χ3v) is 2.70. The molecular weight excluding hydrogens is 254 g/mol. The molecule has 5 heteroatoms. The molecule has 0 bridgehead atoms. The predicted molar refractivity (Wildman–Crippen MR) is 72.6 cm³/mol. The van der Waals surface area contributed by atoms with Crippen molar-refractivity contribution in [2.75, 3.05) is 19.5 Å². The van der Waals surface area contributed by atoms with E-state index in [0.29, 0.717) is 22.2 Å². The molecule has 1 rings (SSSR count). The number of carbonyl (C=O) groups excluding carboxylic acids is 1. The van der Waals surface area contributed by atoms with Crippen LogP contribution in [0.5, 0.6) is 11.5 Å². The average Bonchev–Trinajstić information content (AvgIpc) is 2.28. The molecule has 0 saturated carbocycles. The van der Waals surface area contributed by atoms with E-state index in [9.17, 15) is 4.79 Å². The highest BCUT2D eigenvalue weighted by Crippen LogP contribution is 2.36. The molecule has 0 aliphatic carbocycles. The number of benzene rings is 1. The van der Waals surface area contributed by atoms with Gasteiger partial charge in [0.1, 0.15) is 11.5 Å². The summed E-state index contributed by atoms with van der Waals surface area (Å²) in [4.78, 5) is 11.9. The number of rotatable bonds is 3. The number of hydrogen-bond donors (Lipinski definition) is 1. The smallest absolute Gasteiger partial charge is 0.229 e. The summed E-state index contributed by atoms with van der Waals surface area (Å²) in [6, 6.07) is 3.25. The fourth-order valence-electron chi connectivity index (χ4n) is 1.27. The minimum atomic E-state index is -0.489. The van der Waals surface area contributed by atoms with Gasteiger partial charge in [0.25, 0.3) is 0 Å². The Morgan fingerprint density at radius 1 is 1.17 bits per heavy atom. The summed E-state index contributed by atoms with van der Waals surface area (Å²) in [7, 11) is 3.05. The molecule has 0 saturated heterocycles. The molecule has 0 fully saturated rings. The van der Waals surface area contributed by atoms with Crippen LogP contribution < -0.4 is 14.8 Å². The second-order valence-corrected chi connectivity index (χ2v) is 5.30. The predicted octanol–water partition coefficient (Wildman–Crippen LogP) is 3.34. The van der Waals surface area contributed by atoms with E-state index in [0.717, 1.165) is 0 Å². The van der Waals surface area contributed by atoms with Crippen molar-refractivity contribution in [2.24, 2.45) is 5.41 Å². The maximum Gasteiger partial charge on any atom is 0.229 e. The van der Waals surface area contributed by atoms with Gasteiger partial charge in [0.2, 0.25) is 5.91 Å². The highest BCUT2D eigenvalue weighted by atomic mass is 35.5. The van der Waals surface area contributed by atoms with Gasteiger partial charge >= 0.3 is 0 Å². The van der Waals surface area contributed by atoms with Gasteiger partial charge in [-0.25, -0.2) is 0 Å². The molecule has 1 N–H and O–H groups in total. The molecule has 0 aliphatic rings. The zero-order chi connectivity index (χ0) is 13.9. The SMILES string of the molecule is COc1cc(OC)c(NC(=O)C(C)(C)C)cc1Cl. The lowest BCUT2D eigenvalue weighted by atomic mass is 9.95. The molecule has 4 nitrogen and oxygen atoms in total. The van der Waals surface area contributed by atoms with Gasteiger partial charge in [0.15, 0.2) is 0 Å². The van der Waals surface area contributed by atoms with Crippen LogP contribution in [0.1, 0.15) is 20.8 Å². The Bertz CT molecular complexity index is 452. The molecule has 0 spiro atoms. The zero-order valence-electron chi connectivity index (χ0n) is 11.3. The normalized spacial score (nSPS) is 11.0. The van der Waals surface area contributed by atoms with Crippen molar-refractivity contribution in [3.05, 3.63) is 17.2 Å². The van der Waals surface area contributed by atoms with Gasteiger partial charge in [-0.3, -0.25) is 4.79 Å². The summed E-state index contributed by atoms with van der Waals surface area (Å²) < 4.78 is 10.3. The number of methoxy groups -OCH3 is 2. The van der Waals surface area contributed by atoms with E-state index < -0.39 is 5.41 Å². The van der Waals surface area contributed by atoms with Crippen LogP contribution >= 0.6 is 11.6 Å². The Kier molecular flexibility index (Phi) is 4.46. The molecule has 0 aromatic heterocycles. The third-order valence-electron chi connectivity index (χ3n) is 2.40. The highest BCUT2D eigenvalue weighted by Gasteiger charge is 2.23. The van der Waals surface area contributed by atoms with E-state index in [1.807, 2.05) is 20.8 Å². The van der Waals surface area contributed by atoms with Crippen molar-refractivity contribution in [1.82, 2.24) is 0 Å². The molecule has 0 atom stereocenters. The van der Waals surface area contributed by atoms with Gasteiger partial charge in [-0.2, -0.15) is 0 Å². The second-order valence-electron chi connectivity index (χ2n) is 4.89. The number of anilines is 1. The van der Waals surface area contributed by atoms with Gasteiger partial charge in [0, 0.05) is 11.5 Å². The molecule has 1 amide bonds. The van der Waals surface area contributed by atoms with Crippen LogP contribution in [0, 0.1) is 5.41 Å². The van der Waals surface area contributed by atoms with Crippen LogP contribution in [-0.2, 0) is 4.79 Å². The van der Waals surface area contributed by atoms with E-state index in [4.69, 9.17) is 21.1 Å². The number of amides is 1. The van der Waals surface area contributed by atoms with Crippen molar-refractivity contribution >= 4 is 23.2 Å². The fourth-order valence-corrected chi connectivity index (χ4v) is 1.51. The van der Waals surface area contributed by atoms with Crippen molar-refractivity contribution in [2.45, 2.75) is 20.8 Å². The molecule has 1 aromatic rings. The van der Waals surface area contributed by atoms with Crippen molar-refractivity contribution in [3.8, 4) is 11.5 Å². The van der Waals surface area contributed by atoms with E-state index in [2.05, 4.69) is 5.32 Å². The van der Waals surface area contributed by atoms with E-state index >= 15 is 0 Å². The lowest BCUT2D eigenvalue weighted by Crippen LogP contribution is -2.27. The zero-order valence-corrected chi connectivity index (χ0v) is 12.0. The topological polar surface area (TPSA) is 47.6 Å². The van der Waals surface area contributed by atoms with Crippen molar-refractivity contribution in [3.63, 3.8) is 0 Å². The van der Waals surface area contributed by atoms with E-state index in [1.54, 1.807) is 12.1 Å². The van der Waals surface area contributed by atoms with Crippen LogP contribution in [0.15, 0.2) is 12.1 Å². The summed E-state index contributed by atoms with van der Waals surface area (Å²) >= 11 is 6.02. The minimum absolute atomic E-state index is 0.109. The van der Waals surface area contributed by atoms with Crippen molar-refractivity contribution in [1.29, 1.82) is 0 Å². The van der Waals surface area contributed by atoms with Gasteiger partial charge < -0.3 is 14.8 Å². The van der Waals surface area contributed by atoms with Crippen LogP contribution in [-0.4, -0.2) is 20.1 Å². The lowest BCUT2D eigenvalue weighted by molar-refractivity contribution is -0.123. The van der Waals surface area contributed by atoms with Gasteiger partial charge in [0.05, 0.1) is 24.9 Å². The quantitative estimate of drug-likeness (QED) is 0.917. The molecule has 18 heavy (non-hydrogen) atoms. The Balaban J connectivity index is 3.09. The number of hydrogen-bond acceptors (Lipinski definition) is 3. The molecule has 1 aromatic carbocycles. The first-order chi connectivity index (χ1) is 8.29. The van der Waals surface area contributed by atoms with E-state index in [-0.39, 0.29) is 5.91 Å². The van der Waals surface area contributed by atoms with Gasteiger partial charge in [-0.15, -0.1) is 0 Å². The molecule has 100 valence electrons. The monoisotopic (exact) mass is 271 g/mol. The van der Waals surface area contributed by atoms with Crippen molar-refractivity contribution < 1.29 is 14.3 Å². The van der Waals surface area contributed by atoms with Crippen LogP contribution in [0.25, 0.3) is 0 Å². The Hall–Kier alpha value is -1.42. The number of nitrogens with one attached hydrogen (secondary N) is 1. The van der Waals surface area contributed by atoms with Crippen LogP contribution in [0.3, 0.4) is 0 Å². The highest BCUT2D eigenvalue weighted by molar-refractivity contribution is 6.32. The molecule has 0 unspecified atom stereocenters. The molecule has 0 heterocycles. The molecule has 0 radical (unpaired) electrons. The Labute approximate surface area is 112 Å². The first kappa shape index (κ1) is 14.6. The van der Waals surface area contributed by atoms with Gasteiger partial charge in [-0.05, 0) is 6.07 Å².